The zero-order chi connectivity index (χ0) is 24.2. The van der Waals surface area contributed by atoms with Crippen LogP contribution in [0.3, 0.4) is 0 Å². The summed E-state index contributed by atoms with van der Waals surface area (Å²) in [6.45, 7) is 5.30. The fourth-order valence-corrected chi connectivity index (χ4v) is 5.62. The predicted octanol–water partition coefficient (Wildman–Crippen LogP) is 3.01. The maximum atomic E-state index is 13.4. The molecule has 3 heterocycles. The van der Waals surface area contributed by atoms with E-state index >= 15 is 0 Å². The molecule has 190 valence electrons. The zero-order valence-corrected chi connectivity index (χ0v) is 20.7. The second kappa shape index (κ2) is 11.1. The van der Waals surface area contributed by atoms with Crippen molar-refractivity contribution in [2.24, 2.45) is 13.0 Å². The van der Waals surface area contributed by atoms with Gasteiger partial charge in [-0.15, -0.1) is 0 Å². The van der Waals surface area contributed by atoms with Gasteiger partial charge in [-0.25, -0.2) is 4.98 Å². The summed E-state index contributed by atoms with van der Waals surface area (Å²) in [5.41, 5.74) is 2.62. The van der Waals surface area contributed by atoms with Gasteiger partial charge in [0.05, 0.1) is 29.8 Å². The summed E-state index contributed by atoms with van der Waals surface area (Å²) in [5, 5.41) is 6.12. The number of amides is 2. The number of hydrogen-bond acceptors (Lipinski definition) is 6. The molecule has 3 aliphatic rings. The van der Waals surface area contributed by atoms with Crippen LogP contribution in [0.25, 0.3) is 11.0 Å². The second-order valence-corrected chi connectivity index (χ2v) is 10.0. The van der Waals surface area contributed by atoms with E-state index in [-0.39, 0.29) is 17.9 Å². The molecular weight excluding hydrogens is 446 g/mol. The van der Waals surface area contributed by atoms with E-state index in [1.54, 1.807) is 6.07 Å². The molecule has 0 spiro atoms. The summed E-state index contributed by atoms with van der Waals surface area (Å²) in [6.07, 6.45) is 7.04. The highest BCUT2D eigenvalue weighted by molar-refractivity contribution is 6.07. The van der Waals surface area contributed by atoms with Crippen LogP contribution in [0.4, 0.5) is 5.69 Å². The van der Waals surface area contributed by atoms with E-state index in [1.807, 2.05) is 17.7 Å². The summed E-state index contributed by atoms with van der Waals surface area (Å²) < 4.78 is 13.3. The summed E-state index contributed by atoms with van der Waals surface area (Å²) in [4.78, 5) is 33.2. The highest BCUT2D eigenvalue weighted by atomic mass is 16.5. The molecule has 0 bridgehead atoms. The van der Waals surface area contributed by atoms with Crippen molar-refractivity contribution in [2.45, 2.75) is 51.0 Å². The Bertz CT molecular complexity index is 1050. The van der Waals surface area contributed by atoms with E-state index in [1.165, 1.54) is 12.8 Å². The van der Waals surface area contributed by atoms with E-state index in [4.69, 9.17) is 14.5 Å². The van der Waals surface area contributed by atoms with Gasteiger partial charge in [0.25, 0.3) is 5.91 Å². The van der Waals surface area contributed by atoms with Crippen LogP contribution in [0, 0.1) is 5.92 Å². The van der Waals surface area contributed by atoms with Crippen LogP contribution in [0.15, 0.2) is 12.1 Å². The van der Waals surface area contributed by atoms with Crippen molar-refractivity contribution in [1.82, 2.24) is 19.8 Å². The lowest BCUT2D eigenvalue weighted by atomic mass is 10.0. The summed E-state index contributed by atoms with van der Waals surface area (Å²) >= 11 is 0. The molecule has 0 unspecified atom stereocenters. The maximum absolute atomic E-state index is 13.4. The van der Waals surface area contributed by atoms with E-state index in [0.717, 1.165) is 76.5 Å². The molecule has 0 radical (unpaired) electrons. The van der Waals surface area contributed by atoms with Gasteiger partial charge >= 0.3 is 0 Å². The average molecular weight is 484 g/mol. The van der Waals surface area contributed by atoms with Crippen LogP contribution in [-0.4, -0.2) is 72.3 Å². The first-order valence-electron chi connectivity index (χ1n) is 13.1. The van der Waals surface area contributed by atoms with Gasteiger partial charge in [-0.1, -0.05) is 12.8 Å². The Balaban J connectivity index is 1.37. The second-order valence-electron chi connectivity index (χ2n) is 10.0. The standard InChI is InChI=1S/C26H37N5O4/c1-30-24-20(26(33)27-8-9-31-10-13-34-14-11-31)16-19(28-23(32)15-18-5-2-3-6-18)17-21(24)29-25(30)22-7-4-12-35-22/h16-18,22H,2-15H2,1H3,(H,27,33)(H,28,32)/t22-/m1/s1. The number of imidazole rings is 1. The molecule has 2 aliphatic heterocycles. The van der Waals surface area contributed by atoms with Crippen molar-refractivity contribution in [3.63, 3.8) is 0 Å². The van der Waals surface area contributed by atoms with Gasteiger partial charge in [-0.3, -0.25) is 14.5 Å². The van der Waals surface area contributed by atoms with Crippen molar-refractivity contribution < 1.29 is 19.1 Å². The summed E-state index contributed by atoms with van der Waals surface area (Å²) in [5.74, 6) is 1.14. The maximum Gasteiger partial charge on any atom is 0.253 e. The third kappa shape index (κ3) is 5.68. The van der Waals surface area contributed by atoms with Crippen LogP contribution in [-0.2, 0) is 21.3 Å². The largest absolute Gasteiger partial charge is 0.379 e. The van der Waals surface area contributed by atoms with Crippen LogP contribution >= 0.6 is 0 Å². The van der Waals surface area contributed by atoms with Crippen molar-refractivity contribution in [3.8, 4) is 0 Å². The van der Waals surface area contributed by atoms with Gasteiger partial charge in [0.15, 0.2) is 0 Å². The van der Waals surface area contributed by atoms with Crippen LogP contribution < -0.4 is 10.6 Å². The molecule has 5 rings (SSSR count). The number of carbonyl (C=O) groups is 2. The number of anilines is 1. The molecular formula is C26H37N5O4. The molecule has 3 fully saturated rings. The highest BCUT2D eigenvalue weighted by Crippen LogP contribution is 2.33. The molecule has 2 saturated heterocycles. The van der Waals surface area contributed by atoms with Gasteiger partial charge in [0, 0.05) is 51.9 Å². The quantitative estimate of drug-likeness (QED) is 0.599. The molecule has 9 heteroatoms. The number of nitrogens with one attached hydrogen (secondary N) is 2. The SMILES string of the molecule is Cn1c([C@H]2CCCO2)nc2cc(NC(=O)CC3CCCC3)cc(C(=O)NCCN3CCOCC3)c21. The fraction of sp³-hybridized carbons (Fsp3) is 0.654. The first-order valence-corrected chi connectivity index (χ1v) is 13.1. The Morgan fingerprint density at radius 1 is 1.09 bits per heavy atom. The predicted molar refractivity (Wildman–Crippen MR) is 133 cm³/mol. The van der Waals surface area contributed by atoms with Crippen molar-refractivity contribution in [3.05, 3.63) is 23.5 Å². The lowest BCUT2D eigenvalue weighted by molar-refractivity contribution is -0.117. The lowest BCUT2D eigenvalue weighted by Gasteiger charge is -2.26. The molecule has 1 aliphatic carbocycles. The zero-order valence-electron chi connectivity index (χ0n) is 20.7. The van der Waals surface area contributed by atoms with E-state index in [0.29, 0.717) is 35.7 Å². The molecule has 1 aromatic carbocycles. The monoisotopic (exact) mass is 483 g/mol. The third-order valence-corrected chi connectivity index (χ3v) is 7.52. The first-order chi connectivity index (χ1) is 17.1. The number of fused-ring (bicyclic) bond motifs is 1. The van der Waals surface area contributed by atoms with Gasteiger partial charge in [-0.05, 0) is 43.7 Å². The van der Waals surface area contributed by atoms with Crippen molar-refractivity contribution in [2.75, 3.05) is 51.3 Å². The molecule has 9 nitrogen and oxygen atoms in total. The number of aryl methyl sites for hydroxylation is 1. The van der Waals surface area contributed by atoms with Gasteiger partial charge in [0.2, 0.25) is 5.91 Å². The third-order valence-electron chi connectivity index (χ3n) is 7.52. The highest BCUT2D eigenvalue weighted by Gasteiger charge is 2.26. The fourth-order valence-electron chi connectivity index (χ4n) is 5.62. The molecule has 1 aromatic heterocycles. The van der Waals surface area contributed by atoms with E-state index in [9.17, 15) is 9.59 Å². The summed E-state index contributed by atoms with van der Waals surface area (Å²) in [7, 11) is 1.94. The Kier molecular flexibility index (Phi) is 7.65. The normalized spacial score (nSPS) is 21.6. The Morgan fingerprint density at radius 2 is 1.89 bits per heavy atom. The van der Waals surface area contributed by atoms with Gasteiger partial charge in [0.1, 0.15) is 11.9 Å². The number of benzene rings is 1. The number of morpholine rings is 1. The Morgan fingerprint density at radius 3 is 2.63 bits per heavy atom. The minimum Gasteiger partial charge on any atom is -0.379 e. The molecule has 1 saturated carbocycles. The molecule has 2 N–H and O–H groups in total. The molecule has 2 aromatic rings. The van der Waals surface area contributed by atoms with E-state index in [2.05, 4.69) is 15.5 Å². The van der Waals surface area contributed by atoms with Gasteiger partial charge in [-0.2, -0.15) is 0 Å². The van der Waals surface area contributed by atoms with Gasteiger partial charge < -0.3 is 24.7 Å². The molecule has 1 atom stereocenters. The topological polar surface area (TPSA) is 97.7 Å². The number of hydrogen-bond donors (Lipinski definition) is 2. The van der Waals surface area contributed by atoms with Crippen LogP contribution in [0.2, 0.25) is 0 Å². The smallest absolute Gasteiger partial charge is 0.253 e. The van der Waals surface area contributed by atoms with E-state index < -0.39 is 0 Å². The van der Waals surface area contributed by atoms with Crippen LogP contribution in [0.5, 0.6) is 0 Å². The first kappa shape index (κ1) is 24.2. The van der Waals surface area contributed by atoms with Crippen molar-refractivity contribution >= 4 is 28.5 Å². The summed E-state index contributed by atoms with van der Waals surface area (Å²) in [6, 6.07) is 3.67. The Hall–Kier alpha value is -2.49. The lowest BCUT2D eigenvalue weighted by Crippen LogP contribution is -2.41. The molecule has 2 amide bonds. The Labute approximate surface area is 206 Å². The number of aromatic nitrogens is 2. The number of carbonyl (C=O) groups excluding carboxylic acids is 2. The average Bonchev–Trinajstić information content (AvgIpc) is 3.62. The number of nitrogens with zero attached hydrogens (tertiary/aromatic N) is 3. The minimum atomic E-state index is -0.156. The number of rotatable bonds is 8. The molecule has 35 heavy (non-hydrogen) atoms. The number of ether oxygens (including phenoxy) is 2. The van der Waals surface area contributed by atoms with Crippen molar-refractivity contribution in [1.29, 1.82) is 0 Å². The van der Waals surface area contributed by atoms with Crippen LogP contribution in [0.1, 0.15) is 67.2 Å². The minimum absolute atomic E-state index is 0.00482.